The summed E-state index contributed by atoms with van der Waals surface area (Å²) in [7, 11) is -3.78. The SMILES string of the molecule is NC(=S)c1ccc(NS(N)(=O)=O)c(Br)c1. The molecule has 5 nitrogen and oxygen atoms in total. The summed E-state index contributed by atoms with van der Waals surface area (Å²) >= 11 is 7.94. The molecule has 0 aliphatic heterocycles. The molecule has 0 bridgehead atoms. The standard InChI is InChI=1S/C7H8BrN3O2S2/c8-5-3-4(7(9)14)1-2-6(5)11-15(10,12)13/h1-3,11H,(H2,9,14)(H2,10,12,13). The van der Waals surface area contributed by atoms with E-state index >= 15 is 0 Å². The van der Waals surface area contributed by atoms with E-state index in [2.05, 4.69) is 20.7 Å². The van der Waals surface area contributed by atoms with Crippen LogP contribution < -0.4 is 15.6 Å². The van der Waals surface area contributed by atoms with Crippen LogP contribution in [0.3, 0.4) is 0 Å². The van der Waals surface area contributed by atoms with Crippen molar-refractivity contribution in [2.75, 3.05) is 4.72 Å². The minimum absolute atomic E-state index is 0.234. The van der Waals surface area contributed by atoms with Gasteiger partial charge in [0.15, 0.2) is 0 Å². The second-order valence-electron chi connectivity index (χ2n) is 2.71. The Morgan fingerprint density at radius 1 is 1.47 bits per heavy atom. The molecule has 0 unspecified atom stereocenters. The number of halogens is 1. The average Bonchev–Trinajstić information content (AvgIpc) is 2.05. The molecule has 0 aliphatic rings. The van der Waals surface area contributed by atoms with Crippen LogP contribution in [-0.4, -0.2) is 13.4 Å². The molecule has 1 rings (SSSR count). The fourth-order valence-electron chi connectivity index (χ4n) is 0.904. The van der Waals surface area contributed by atoms with E-state index in [9.17, 15) is 8.42 Å². The lowest BCUT2D eigenvalue weighted by Gasteiger charge is -2.07. The highest BCUT2D eigenvalue weighted by Gasteiger charge is 2.07. The molecule has 0 fully saturated rings. The molecule has 0 heterocycles. The van der Waals surface area contributed by atoms with Gasteiger partial charge in [-0.05, 0) is 34.1 Å². The van der Waals surface area contributed by atoms with Gasteiger partial charge in [-0.3, -0.25) is 4.72 Å². The highest BCUT2D eigenvalue weighted by Crippen LogP contribution is 2.24. The van der Waals surface area contributed by atoms with Crippen molar-refractivity contribution in [3.63, 3.8) is 0 Å². The molecule has 0 saturated carbocycles. The van der Waals surface area contributed by atoms with Gasteiger partial charge in [0.05, 0.1) is 5.69 Å². The Morgan fingerprint density at radius 2 is 2.07 bits per heavy atom. The van der Waals surface area contributed by atoms with Crippen LogP contribution in [0.15, 0.2) is 22.7 Å². The topological polar surface area (TPSA) is 98.2 Å². The molecule has 15 heavy (non-hydrogen) atoms. The summed E-state index contributed by atoms with van der Waals surface area (Å²) in [5, 5.41) is 4.82. The average molecular weight is 310 g/mol. The van der Waals surface area contributed by atoms with E-state index in [1.807, 2.05) is 0 Å². The number of benzene rings is 1. The summed E-state index contributed by atoms with van der Waals surface area (Å²) in [5.41, 5.74) is 6.37. The van der Waals surface area contributed by atoms with E-state index in [0.717, 1.165) is 0 Å². The number of rotatable bonds is 3. The summed E-state index contributed by atoms with van der Waals surface area (Å²) in [6, 6.07) is 4.72. The molecule has 0 aliphatic carbocycles. The van der Waals surface area contributed by atoms with Crippen LogP contribution in [0, 0.1) is 0 Å². The lowest BCUT2D eigenvalue weighted by atomic mass is 10.2. The number of hydrogen-bond donors (Lipinski definition) is 3. The number of anilines is 1. The molecule has 8 heteroatoms. The van der Waals surface area contributed by atoms with Crippen LogP contribution in [-0.2, 0) is 10.2 Å². The van der Waals surface area contributed by atoms with Gasteiger partial charge in [-0.2, -0.15) is 8.42 Å². The molecule has 82 valence electrons. The van der Waals surface area contributed by atoms with Gasteiger partial charge in [0, 0.05) is 10.0 Å². The Balaban J connectivity index is 3.09. The minimum Gasteiger partial charge on any atom is -0.389 e. The van der Waals surface area contributed by atoms with E-state index < -0.39 is 10.2 Å². The Bertz CT molecular complexity index is 501. The van der Waals surface area contributed by atoms with Crippen molar-refractivity contribution in [2.24, 2.45) is 10.9 Å². The van der Waals surface area contributed by atoms with Crippen molar-refractivity contribution >= 4 is 49.0 Å². The minimum atomic E-state index is -3.78. The number of nitrogens with one attached hydrogen (secondary N) is 1. The highest BCUT2D eigenvalue weighted by atomic mass is 79.9. The molecule has 0 radical (unpaired) electrons. The lowest BCUT2D eigenvalue weighted by molar-refractivity contribution is 0.603. The zero-order chi connectivity index (χ0) is 11.6. The maximum atomic E-state index is 10.8. The van der Waals surface area contributed by atoms with Crippen LogP contribution in [0.2, 0.25) is 0 Å². The number of nitrogens with two attached hydrogens (primary N) is 2. The summed E-state index contributed by atoms with van der Waals surface area (Å²) in [6.07, 6.45) is 0. The molecule has 0 saturated heterocycles. The third kappa shape index (κ3) is 3.74. The normalized spacial score (nSPS) is 11.1. The van der Waals surface area contributed by atoms with E-state index in [0.29, 0.717) is 15.7 Å². The van der Waals surface area contributed by atoms with E-state index in [4.69, 9.17) is 23.1 Å². The van der Waals surface area contributed by atoms with Crippen LogP contribution in [0.25, 0.3) is 0 Å². The zero-order valence-electron chi connectivity index (χ0n) is 7.40. The van der Waals surface area contributed by atoms with Gasteiger partial charge in [-0.25, -0.2) is 5.14 Å². The summed E-state index contributed by atoms with van der Waals surface area (Å²) in [4.78, 5) is 0.234. The van der Waals surface area contributed by atoms with Gasteiger partial charge in [0.25, 0.3) is 10.2 Å². The van der Waals surface area contributed by atoms with Gasteiger partial charge in [0.2, 0.25) is 0 Å². The van der Waals surface area contributed by atoms with E-state index in [-0.39, 0.29) is 4.99 Å². The van der Waals surface area contributed by atoms with Crippen molar-refractivity contribution in [1.82, 2.24) is 0 Å². The first kappa shape index (κ1) is 12.4. The van der Waals surface area contributed by atoms with Gasteiger partial charge in [-0.15, -0.1) is 0 Å². The largest absolute Gasteiger partial charge is 0.389 e. The zero-order valence-corrected chi connectivity index (χ0v) is 10.6. The summed E-state index contributed by atoms with van der Waals surface area (Å²) in [5.74, 6) is 0. The van der Waals surface area contributed by atoms with Gasteiger partial charge in [0.1, 0.15) is 4.99 Å². The number of hydrogen-bond acceptors (Lipinski definition) is 3. The highest BCUT2D eigenvalue weighted by molar-refractivity contribution is 9.10. The van der Waals surface area contributed by atoms with E-state index in [1.54, 1.807) is 12.1 Å². The Hall–Kier alpha value is -0.700. The van der Waals surface area contributed by atoms with E-state index in [1.165, 1.54) is 6.07 Å². The van der Waals surface area contributed by atoms with Crippen LogP contribution in [0.5, 0.6) is 0 Å². The third-order valence-corrected chi connectivity index (χ3v) is 2.90. The van der Waals surface area contributed by atoms with Crippen LogP contribution in [0.1, 0.15) is 5.56 Å². The molecular weight excluding hydrogens is 302 g/mol. The van der Waals surface area contributed by atoms with Crippen molar-refractivity contribution in [2.45, 2.75) is 0 Å². The molecule has 0 amide bonds. The maximum absolute atomic E-state index is 10.8. The van der Waals surface area contributed by atoms with Gasteiger partial charge >= 0.3 is 0 Å². The smallest absolute Gasteiger partial charge is 0.296 e. The monoisotopic (exact) mass is 309 g/mol. The van der Waals surface area contributed by atoms with Crippen LogP contribution in [0.4, 0.5) is 5.69 Å². The molecular formula is C7H8BrN3O2S2. The second kappa shape index (κ2) is 4.44. The van der Waals surface area contributed by atoms with Crippen molar-refractivity contribution in [3.8, 4) is 0 Å². The fraction of sp³-hybridized carbons (Fsp3) is 0. The fourth-order valence-corrected chi connectivity index (χ4v) is 2.13. The Kier molecular flexibility index (Phi) is 3.66. The first-order valence-corrected chi connectivity index (χ1v) is 6.44. The van der Waals surface area contributed by atoms with Crippen molar-refractivity contribution in [1.29, 1.82) is 0 Å². The second-order valence-corrected chi connectivity index (χ2v) is 5.29. The van der Waals surface area contributed by atoms with Crippen molar-refractivity contribution in [3.05, 3.63) is 28.2 Å². The molecule has 0 aromatic heterocycles. The van der Waals surface area contributed by atoms with Gasteiger partial charge < -0.3 is 5.73 Å². The first-order chi connectivity index (χ1) is 6.79. The molecule has 5 N–H and O–H groups in total. The molecule has 1 aromatic rings. The quantitative estimate of drug-likeness (QED) is 0.716. The summed E-state index contributed by atoms with van der Waals surface area (Å²) < 4.78 is 24.2. The Morgan fingerprint density at radius 3 is 2.47 bits per heavy atom. The number of thiocarbonyl (C=S) groups is 1. The predicted molar refractivity (Wildman–Crippen MR) is 66.8 cm³/mol. The first-order valence-electron chi connectivity index (χ1n) is 3.69. The Labute approximate surface area is 101 Å². The third-order valence-electron chi connectivity index (χ3n) is 1.51. The maximum Gasteiger partial charge on any atom is 0.296 e. The predicted octanol–water partition coefficient (Wildman–Crippen LogP) is 0.699. The lowest BCUT2D eigenvalue weighted by Crippen LogP contribution is -2.22. The molecule has 1 aromatic carbocycles. The van der Waals surface area contributed by atoms with Crippen molar-refractivity contribution < 1.29 is 8.42 Å². The van der Waals surface area contributed by atoms with Crippen LogP contribution >= 0.6 is 28.1 Å². The van der Waals surface area contributed by atoms with Gasteiger partial charge in [-0.1, -0.05) is 12.2 Å². The summed E-state index contributed by atoms with van der Waals surface area (Å²) in [6.45, 7) is 0. The molecule has 0 atom stereocenters. The molecule has 0 spiro atoms.